The van der Waals surface area contributed by atoms with Gasteiger partial charge in [-0.05, 0) is 18.7 Å². The Labute approximate surface area is 105 Å². The SMILES string of the molecule is CSc1cnc(NCC(CN)CC(N)=O)nc1. The van der Waals surface area contributed by atoms with Crippen molar-refractivity contribution < 1.29 is 4.79 Å². The fourth-order valence-corrected chi connectivity index (χ4v) is 1.59. The van der Waals surface area contributed by atoms with Crippen molar-refractivity contribution in [3.05, 3.63) is 12.4 Å². The lowest BCUT2D eigenvalue weighted by Gasteiger charge is -2.13. The molecule has 1 unspecified atom stereocenters. The highest BCUT2D eigenvalue weighted by Gasteiger charge is 2.10. The van der Waals surface area contributed by atoms with Gasteiger partial charge in [0, 0.05) is 30.3 Å². The van der Waals surface area contributed by atoms with Crippen molar-refractivity contribution in [3.8, 4) is 0 Å². The minimum absolute atomic E-state index is 0.0105. The topological polar surface area (TPSA) is 107 Å². The first-order valence-electron chi connectivity index (χ1n) is 5.24. The first-order valence-corrected chi connectivity index (χ1v) is 6.46. The molecule has 7 heteroatoms. The lowest BCUT2D eigenvalue weighted by molar-refractivity contribution is -0.118. The number of rotatable bonds is 7. The molecule has 0 saturated carbocycles. The van der Waals surface area contributed by atoms with Crippen LogP contribution in [-0.2, 0) is 4.79 Å². The molecule has 0 aliphatic heterocycles. The molecule has 0 aromatic carbocycles. The molecule has 17 heavy (non-hydrogen) atoms. The molecule has 1 heterocycles. The molecule has 0 aliphatic rings. The van der Waals surface area contributed by atoms with Crippen molar-refractivity contribution in [2.75, 3.05) is 24.7 Å². The lowest BCUT2D eigenvalue weighted by atomic mass is 10.1. The third kappa shape index (κ3) is 5.01. The minimum atomic E-state index is -0.346. The van der Waals surface area contributed by atoms with Crippen LogP contribution in [0.25, 0.3) is 0 Å². The van der Waals surface area contributed by atoms with Crippen LogP contribution in [0.5, 0.6) is 0 Å². The Bertz CT molecular complexity index is 356. The molecule has 1 atom stereocenters. The zero-order valence-electron chi connectivity index (χ0n) is 9.72. The number of amides is 1. The number of hydrogen-bond acceptors (Lipinski definition) is 6. The number of nitrogens with zero attached hydrogens (tertiary/aromatic N) is 2. The zero-order valence-corrected chi connectivity index (χ0v) is 10.5. The number of nitrogens with one attached hydrogen (secondary N) is 1. The minimum Gasteiger partial charge on any atom is -0.370 e. The Balaban J connectivity index is 2.44. The van der Waals surface area contributed by atoms with E-state index in [1.165, 1.54) is 0 Å². The number of thioether (sulfide) groups is 1. The van der Waals surface area contributed by atoms with Crippen LogP contribution in [-0.4, -0.2) is 35.2 Å². The predicted molar refractivity (Wildman–Crippen MR) is 68.7 cm³/mol. The maximum Gasteiger partial charge on any atom is 0.222 e. The number of primary amides is 1. The fraction of sp³-hybridized carbons (Fsp3) is 0.500. The van der Waals surface area contributed by atoms with Crippen LogP contribution in [0.1, 0.15) is 6.42 Å². The van der Waals surface area contributed by atoms with E-state index >= 15 is 0 Å². The molecule has 5 N–H and O–H groups in total. The van der Waals surface area contributed by atoms with Crippen molar-refractivity contribution in [1.82, 2.24) is 9.97 Å². The standard InChI is InChI=1S/C10H17N5OS/c1-17-8-5-14-10(15-6-8)13-4-7(3-11)2-9(12)16/h5-7H,2-4,11H2,1H3,(H2,12,16)(H,13,14,15). The van der Waals surface area contributed by atoms with Gasteiger partial charge in [-0.1, -0.05) is 0 Å². The maximum atomic E-state index is 10.8. The summed E-state index contributed by atoms with van der Waals surface area (Å²) in [5, 5.41) is 3.03. The van der Waals surface area contributed by atoms with Crippen molar-refractivity contribution in [1.29, 1.82) is 0 Å². The van der Waals surface area contributed by atoms with E-state index in [-0.39, 0.29) is 18.2 Å². The number of carbonyl (C=O) groups excluding carboxylic acids is 1. The van der Waals surface area contributed by atoms with Gasteiger partial charge in [-0.15, -0.1) is 11.8 Å². The highest BCUT2D eigenvalue weighted by molar-refractivity contribution is 7.98. The smallest absolute Gasteiger partial charge is 0.222 e. The average molecular weight is 255 g/mol. The molecule has 1 rings (SSSR count). The molecule has 0 fully saturated rings. The summed E-state index contributed by atoms with van der Waals surface area (Å²) in [4.78, 5) is 20.0. The van der Waals surface area contributed by atoms with E-state index in [4.69, 9.17) is 11.5 Å². The van der Waals surface area contributed by atoms with Gasteiger partial charge in [0.25, 0.3) is 0 Å². The van der Waals surface area contributed by atoms with Crippen molar-refractivity contribution in [3.63, 3.8) is 0 Å². The molecular formula is C10H17N5OS. The third-order valence-corrected chi connectivity index (χ3v) is 2.92. The number of carbonyl (C=O) groups is 1. The summed E-state index contributed by atoms with van der Waals surface area (Å²) in [5.74, 6) is 0.197. The van der Waals surface area contributed by atoms with Gasteiger partial charge in [0.15, 0.2) is 0 Å². The Hall–Kier alpha value is -1.34. The van der Waals surface area contributed by atoms with E-state index in [2.05, 4.69) is 15.3 Å². The van der Waals surface area contributed by atoms with E-state index < -0.39 is 0 Å². The van der Waals surface area contributed by atoms with E-state index in [1.807, 2.05) is 6.26 Å². The fourth-order valence-electron chi connectivity index (χ4n) is 1.27. The van der Waals surface area contributed by atoms with Crippen LogP contribution in [0.15, 0.2) is 17.3 Å². The first-order chi connectivity index (χ1) is 8.15. The normalized spacial score (nSPS) is 12.1. The summed E-state index contributed by atoms with van der Waals surface area (Å²) in [6.45, 7) is 0.941. The zero-order chi connectivity index (χ0) is 12.7. The number of hydrogen-bond donors (Lipinski definition) is 3. The lowest BCUT2D eigenvalue weighted by Crippen LogP contribution is -2.28. The van der Waals surface area contributed by atoms with Crippen LogP contribution in [0.2, 0.25) is 0 Å². The molecule has 94 valence electrons. The summed E-state index contributed by atoms with van der Waals surface area (Å²) < 4.78 is 0. The van der Waals surface area contributed by atoms with Gasteiger partial charge in [0.2, 0.25) is 11.9 Å². The second-order valence-corrected chi connectivity index (χ2v) is 4.48. The second kappa shape index (κ2) is 7.08. The Morgan fingerprint density at radius 2 is 2.18 bits per heavy atom. The first kappa shape index (κ1) is 13.7. The Morgan fingerprint density at radius 3 is 2.65 bits per heavy atom. The molecule has 1 aromatic heterocycles. The number of aromatic nitrogens is 2. The number of anilines is 1. The van der Waals surface area contributed by atoms with Crippen LogP contribution >= 0.6 is 11.8 Å². The van der Waals surface area contributed by atoms with Crippen LogP contribution in [0.4, 0.5) is 5.95 Å². The largest absolute Gasteiger partial charge is 0.370 e. The predicted octanol–water partition coefficient (Wildman–Crippen LogP) is 0.0607. The van der Waals surface area contributed by atoms with Gasteiger partial charge in [0.05, 0.1) is 0 Å². The number of nitrogens with two attached hydrogens (primary N) is 2. The van der Waals surface area contributed by atoms with Crippen LogP contribution in [0, 0.1) is 5.92 Å². The molecular weight excluding hydrogens is 238 g/mol. The van der Waals surface area contributed by atoms with E-state index in [1.54, 1.807) is 24.2 Å². The van der Waals surface area contributed by atoms with Crippen molar-refractivity contribution in [2.24, 2.45) is 17.4 Å². The summed E-state index contributed by atoms with van der Waals surface area (Å²) >= 11 is 1.58. The van der Waals surface area contributed by atoms with Crippen molar-refractivity contribution >= 4 is 23.6 Å². The molecule has 0 radical (unpaired) electrons. The molecule has 6 nitrogen and oxygen atoms in total. The summed E-state index contributed by atoms with van der Waals surface area (Å²) in [6.07, 6.45) is 5.71. The Morgan fingerprint density at radius 1 is 1.53 bits per heavy atom. The molecule has 0 bridgehead atoms. The van der Waals surface area contributed by atoms with Gasteiger partial charge < -0.3 is 16.8 Å². The van der Waals surface area contributed by atoms with E-state index in [9.17, 15) is 4.79 Å². The highest BCUT2D eigenvalue weighted by atomic mass is 32.2. The summed E-state index contributed by atoms with van der Waals surface area (Å²) in [5.41, 5.74) is 10.7. The average Bonchev–Trinajstić information content (AvgIpc) is 2.34. The molecule has 1 aromatic rings. The van der Waals surface area contributed by atoms with Crippen molar-refractivity contribution in [2.45, 2.75) is 11.3 Å². The third-order valence-electron chi connectivity index (χ3n) is 2.24. The van der Waals surface area contributed by atoms with Gasteiger partial charge in [-0.3, -0.25) is 4.79 Å². The molecule has 0 spiro atoms. The van der Waals surface area contributed by atoms with Crippen LogP contribution < -0.4 is 16.8 Å². The quantitative estimate of drug-likeness (QED) is 0.595. The van der Waals surface area contributed by atoms with Gasteiger partial charge >= 0.3 is 0 Å². The highest BCUT2D eigenvalue weighted by Crippen LogP contribution is 2.12. The van der Waals surface area contributed by atoms with Gasteiger partial charge in [0.1, 0.15) is 0 Å². The maximum absolute atomic E-state index is 10.8. The molecule has 0 aliphatic carbocycles. The second-order valence-electron chi connectivity index (χ2n) is 3.60. The Kier molecular flexibility index (Phi) is 5.71. The summed E-state index contributed by atoms with van der Waals surface area (Å²) in [6, 6.07) is 0. The summed E-state index contributed by atoms with van der Waals surface area (Å²) in [7, 11) is 0. The van der Waals surface area contributed by atoms with Gasteiger partial charge in [-0.25, -0.2) is 9.97 Å². The molecule has 1 amide bonds. The van der Waals surface area contributed by atoms with E-state index in [0.717, 1.165) is 4.90 Å². The van der Waals surface area contributed by atoms with Gasteiger partial charge in [-0.2, -0.15) is 0 Å². The molecule has 0 saturated heterocycles. The van der Waals surface area contributed by atoms with Crippen LogP contribution in [0.3, 0.4) is 0 Å². The monoisotopic (exact) mass is 255 g/mol. The van der Waals surface area contributed by atoms with E-state index in [0.29, 0.717) is 19.0 Å².